The zero-order valence-corrected chi connectivity index (χ0v) is 11.4. The molecule has 1 amide bonds. The number of carbonyl (C=O) groups is 2. The van der Waals surface area contributed by atoms with E-state index in [1.54, 1.807) is 34.9 Å². The number of amides is 1. The van der Waals surface area contributed by atoms with Gasteiger partial charge in [0.25, 0.3) is 5.91 Å². The van der Waals surface area contributed by atoms with Gasteiger partial charge in [0.05, 0.1) is 0 Å². The molecule has 0 unspecified atom stereocenters. The summed E-state index contributed by atoms with van der Waals surface area (Å²) in [6.07, 6.45) is 0. The second kappa shape index (κ2) is 4.83. The number of carbonyl (C=O) groups excluding carboxylic acids is 2. The highest BCUT2D eigenvalue weighted by Crippen LogP contribution is 2.15. The van der Waals surface area contributed by atoms with E-state index in [1.165, 1.54) is 10.3 Å². The van der Waals surface area contributed by atoms with E-state index in [2.05, 4.69) is 4.98 Å². The predicted molar refractivity (Wildman–Crippen MR) is 65.3 cm³/mol. The first kappa shape index (κ1) is 13.6. The quantitative estimate of drug-likeness (QED) is 0.757. The second-order valence-corrected chi connectivity index (χ2v) is 5.60. The third-order valence-electron chi connectivity index (χ3n) is 1.70. The fourth-order valence-electron chi connectivity index (χ4n) is 0.987. The van der Waals surface area contributed by atoms with E-state index in [0.717, 1.165) is 11.3 Å². The molecular formula is C11H16N2O3S. The van der Waals surface area contributed by atoms with Crippen LogP contribution in [-0.2, 0) is 4.74 Å². The number of rotatable bonds is 2. The van der Waals surface area contributed by atoms with Crippen LogP contribution in [0, 0.1) is 0 Å². The molecule has 0 aromatic carbocycles. The van der Waals surface area contributed by atoms with Crippen LogP contribution < -0.4 is 0 Å². The minimum absolute atomic E-state index is 0.176. The van der Waals surface area contributed by atoms with Crippen LogP contribution in [0.2, 0.25) is 0 Å². The topological polar surface area (TPSA) is 59.5 Å². The Labute approximate surface area is 104 Å². The molecule has 1 aromatic heterocycles. The van der Waals surface area contributed by atoms with Gasteiger partial charge in [-0.2, -0.15) is 0 Å². The number of aromatic nitrogens is 1. The normalized spacial score (nSPS) is 11.1. The maximum absolute atomic E-state index is 11.7. The summed E-state index contributed by atoms with van der Waals surface area (Å²) >= 11 is 1.14. The molecule has 94 valence electrons. The van der Waals surface area contributed by atoms with Crippen LogP contribution in [-0.4, -0.2) is 41.5 Å². The third-order valence-corrected chi connectivity index (χ3v) is 2.53. The summed E-state index contributed by atoms with van der Waals surface area (Å²) in [7, 11) is 3.27. The molecule has 0 bridgehead atoms. The van der Waals surface area contributed by atoms with Gasteiger partial charge in [0.2, 0.25) is 0 Å². The van der Waals surface area contributed by atoms with Crippen LogP contribution in [0.1, 0.15) is 41.1 Å². The molecule has 0 spiro atoms. The van der Waals surface area contributed by atoms with Gasteiger partial charge in [0.15, 0.2) is 10.7 Å². The number of esters is 1. The van der Waals surface area contributed by atoms with Crippen molar-refractivity contribution in [1.82, 2.24) is 9.88 Å². The molecule has 0 fully saturated rings. The lowest BCUT2D eigenvalue weighted by Crippen LogP contribution is -2.24. The minimum atomic E-state index is -0.563. The summed E-state index contributed by atoms with van der Waals surface area (Å²) in [4.78, 5) is 28.6. The van der Waals surface area contributed by atoms with Crippen LogP contribution >= 0.6 is 11.3 Å². The Balaban J connectivity index is 2.82. The first-order valence-electron chi connectivity index (χ1n) is 5.11. The van der Waals surface area contributed by atoms with Gasteiger partial charge in [0, 0.05) is 19.5 Å². The van der Waals surface area contributed by atoms with Gasteiger partial charge in [-0.1, -0.05) is 0 Å². The molecule has 1 rings (SSSR count). The third kappa shape index (κ3) is 3.81. The molecule has 0 aliphatic heterocycles. The average molecular weight is 256 g/mol. The SMILES string of the molecule is CN(C)C(=O)c1nc(C(=O)OC(C)(C)C)cs1. The first-order chi connectivity index (χ1) is 7.70. The lowest BCUT2D eigenvalue weighted by molar-refractivity contribution is 0.00637. The monoisotopic (exact) mass is 256 g/mol. The molecule has 6 heteroatoms. The van der Waals surface area contributed by atoms with Gasteiger partial charge >= 0.3 is 5.97 Å². The van der Waals surface area contributed by atoms with E-state index in [9.17, 15) is 9.59 Å². The fourth-order valence-corrected chi connectivity index (χ4v) is 1.79. The molecule has 17 heavy (non-hydrogen) atoms. The Bertz CT molecular complexity index is 432. The highest BCUT2D eigenvalue weighted by molar-refractivity contribution is 7.11. The molecule has 0 N–H and O–H groups in total. The molecule has 1 heterocycles. The summed E-state index contributed by atoms with van der Waals surface area (Å²) in [5.74, 6) is -0.726. The fraction of sp³-hybridized carbons (Fsp3) is 0.545. The second-order valence-electron chi connectivity index (χ2n) is 4.74. The lowest BCUT2D eigenvalue weighted by atomic mass is 10.2. The largest absolute Gasteiger partial charge is 0.455 e. The van der Waals surface area contributed by atoms with Crippen molar-refractivity contribution in [2.45, 2.75) is 26.4 Å². The number of nitrogens with zero attached hydrogens (tertiary/aromatic N) is 2. The van der Waals surface area contributed by atoms with Crippen molar-refractivity contribution in [1.29, 1.82) is 0 Å². The lowest BCUT2D eigenvalue weighted by Gasteiger charge is -2.18. The van der Waals surface area contributed by atoms with Gasteiger partial charge < -0.3 is 9.64 Å². The van der Waals surface area contributed by atoms with Crippen molar-refractivity contribution >= 4 is 23.2 Å². The molecule has 1 aromatic rings. The Morgan fingerprint density at radius 1 is 1.35 bits per heavy atom. The van der Waals surface area contributed by atoms with E-state index in [4.69, 9.17) is 4.74 Å². The van der Waals surface area contributed by atoms with E-state index in [0.29, 0.717) is 0 Å². The maximum Gasteiger partial charge on any atom is 0.358 e. The van der Waals surface area contributed by atoms with Crippen LogP contribution in [0.4, 0.5) is 0 Å². The molecule has 0 radical (unpaired) electrons. The van der Waals surface area contributed by atoms with Crippen molar-refractivity contribution in [2.75, 3.05) is 14.1 Å². The highest BCUT2D eigenvalue weighted by Gasteiger charge is 2.22. The van der Waals surface area contributed by atoms with Crippen molar-refractivity contribution in [2.24, 2.45) is 0 Å². The standard InChI is InChI=1S/C11H16N2O3S/c1-11(2,3)16-10(15)7-6-17-8(12-7)9(14)13(4)5/h6H,1-5H3. The van der Waals surface area contributed by atoms with Crippen LogP contribution in [0.3, 0.4) is 0 Å². The Morgan fingerprint density at radius 3 is 2.41 bits per heavy atom. The molecule has 0 aliphatic carbocycles. The van der Waals surface area contributed by atoms with Crippen molar-refractivity contribution in [3.63, 3.8) is 0 Å². The van der Waals surface area contributed by atoms with Crippen molar-refractivity contribution in [3.8, 4) is 0 Å². The minimum Gasteiger partial charge on any atom is -0.455 e. The summed E-state index contributed by atoms with van der Waals surface area (Å²) in [6, 6.07) is 0. The summed E-state index contributed by atoms with van der Waals surface area (Å²) in [5, 5.41) is 1.82. The summed E-state index contributed by atoms with van der Waals surface area (Å²) in [6.45, 7) is 5.34. The van der Waals surface area contributed by atoms with Crippen molar-refractivity contribution < 1.29 is 14.3 Å². The molecule has 0 saturated heterocycles. The van der Waals surface area contributed by atoms with Crippen LogP contribution in [0.25, 0.3) is 0 Å². The number of ether oxygens (including phenoxy) is 1. The van der Waals surface area contributed by atoms with E-state index in [-0.39, 0.29) is 16.6 Å². The highest BCUT2D eigenvalue weighted by atomic mass is 32.1. The van der Waals surface area contributed by atoms with Gasteiger partial charge in [-0.05, 0) is 20.8 Å². The van der Waals surface area contributed by atoms with E-state index >= 15 is 0 Å². The van der Waals surface area contributed by atoms with Crippen LogP contribution in [0.15, 0.2) is 5.38 Å². The summed E-state index contributed by atoms with van der Waals surface area (Å²) in [5.41, 5.74) is -0.387. The predicted octanol–water partition coefficient (Wildman–Crippen LogP) is 1.80. The van der Waals surface area contributed by atoms with Gasteiger partial charge in [0.1, 0.15) is 5.60 Å². The zero-order chi connectivity index (χ0) is 13.2. The molecule has 5 nitrogen and oxygen atoms in total. The van der Waals surface area contributed by atoms with Gasteiger partial charge in [-0.15, -0.1) is 11.3 Å². The first-order valence-corrected chi connectivity index (χ1v) is 5.99. The average Bonchev–Trinajstić information content (AvgIpc) is 2.62. The Hall–Kier alpha value is -1.43. The molecule has 0 atom stereocenters. The number of hydrogen-bond acceptors (Lipinski definition) is 5. The summed E-state index contributed by atoms with van der Waals surface area (Å²) < 4.78 is 5.16. The van der Waals surface area contributed by atoms with E-state index in [1.807, 2.05) is 0 Å². The van der Waals surface area contributed by atoms with E-state index < -0.39 is 11.6 Å². The van der Waals surface area contributed by atoms with Gasteiger partial charge in [-0.25, -0.2) is 9.78 Å². The maximum atomic E-state index is 11.7. The number of thiazole rings is 1. The number of hydrogen-bond donors (Lipinski definition) is 0. The van der Waals surface area contributed by atoms with Crippen molar-refractivity contribution in [3.05, 3.63) is 16.1 Å². The smallest absolute Gasteiger partial charge is 0.358 e. The molecular weight excluding hydrogens is 240 g/mol. The Kier molecular flexibility index (Phi) is 3.87. The molecule has 0 aliphatic rings. The zero-order valence-electron chi connectivity index (χ0n) is 10.6. The Morgan fingerprint density at radius 2 is 1.94 bits per heavy atom. The molecule has 0 saturated carbocycles. The van der Waals surface area contributed by atoms with Gasteiger partial charge in [-0.3, -0.25) is 4.79 Å². The van der Waals surface area contributed by atoms with Crippen LogP contribution in [0.5, 0.6) is 0 Å².